The summed E-state index contributed by atoms with van der Waals surface area (Å²) >= 11 is 0. The van der Waals surface area contributed by atoms with Crippen LogP contribution in [0.3, 0.4) is 0 Å². The molecule has 0 unspecified atom stereocenters. The number of pyridine rings is 1. The summed E-state index contributed by atoms with van der Waals surface area (Å²) < 4.78 is 6.87. The fraction of sp³-hybridized carbons (Fsp3) is 0.348. The molecule has 0 aliphatic rings. The Morgan fingerprint density at radius 3 is 2.58 bits per heavy atom. The van der Waals surface area contributed by atoms with Crippen molar-refractivity contribution in [3.63, 3.8) is 0 Å². The van der Waals surface area contributed by atoms with Crippen LogP contribution in [0.15, 0.2) is 39.9 Å². The fourth-order valence-electron chi connectivity index (χ4n) is 3.94. The van der Waals surface area contributed by atoms with Gasteiger partial charge in [0, 0.05) is 18.8 Å². The molecule has 0 saturated heterocycles. The third kappa shape index (κ3) is 4.36. The summed E-state index contributed by atoms with van der Waals surface area (Å²) in [7, 11) is 0. The van der Waals surface area contributed by atoms with E-state index >= 15 is 0 Å². The van der Waals surface area contributed by atoms with Gasteiger partial charge in [-0.15, -0.1) is 0 Å². The molecule has 4 aromatic heterocycles. The number of carbonyl (C=O) groups is 1. The number of aliphatic carboxylic acids is 1. The van der Waals surface area contributed by atoms with Gasteiger partial charge < -0.3 is 9.63 Å². The van der Waals surface area contributed by atoms with Crippen LogP contribution >= 0.6 is 0 Å². The molecule has 1 N–H and O–H groups in total. The van der Waals surface area contributed by atoms with Gasteiger partial charge >= 0.3 is 5.97 Å². The predicted octanol–water partition coefficient (Wildman–Crippen LogP) is 3.26. The van der Waals surface area contributed by atoms with E-state index in [-0.39, 0.29) is 18.4 Å². The van der Waals surface area contributed by atoms with E-state index in [9.17, 15) is 9.59 Å². The maximum atomic E-state index is 13.6. The summed E-state index contributed by atoms with van der Waals surface area (Å²) in [6.07, 6.45) is 4.34. The highest BCUT2D eigenvalue weighted by molar-refractivity contribution is 5.76. The minimum absolute atomic E-state index is 0.0403. The van der Waals surface area contributed by atoms with Crippen molar-refractivity contribution in [3.05, 3.63) is 63.9 Å². The van der Waals surface area contributed by atoms with Gasteiger partial charge in [-0.1, -0.05) is 12.1 Å². The van der Waals surface area contributed by atoms with Gasteiger partial charge in [-0.05, 0) is 51.3 Å². The van der Waals surface area contributed by atoms with Crippen molar-refractivity contribution in [2.45, 2.75) is 52.5 Å². The highest BCUT2D eigenvalue weighted by Crippen LogP contribution is 2.28. The summed E-state index contributed by atoms with van der Waals surface area (Å²) in [6, 6.07) is 4.88. The molecule has 0 aliphatic carbocycles. The number of carboxylic acids is 1. The lowest BCUT2D eigenvalue weighted by atomic mass is 10.1. The number of aryl methyl sites for hydroxylation is 3. The Kier molecular flexibility index (Phi) is 6.25. The van der Waals surface area contributed by atoms with Crippen molar-refractivity contribution in [1.29, 1.82) is 0 Å². The van der Waals surface area contributed by atoms with Crippen LogP contribution in [0, 0.1) is 13.8 Å². The molecule has 170 valence electrons. The maximum absolute atomic E-state index is 13.6. The van der Waals surface area contributed by atoms with Gasteiger partial charge in [0.2, 0.25) is 0 Å². The summed E-state index contributed by atoms with van der Waals surface area (Å²) in [5.41, 5.74) is 3.00. The molecular formula is C23H24N6O4. The summed E-state index contributed by atoms with van der Waals surface area (Å²) in [5, 5.41) is 13.0. The van der Waals surface area contributed by atoms with E-state index < -0.39 is 12.0 Å². The topological polar surface area (TPSA) is 137 Å². The van der Waals surface area contributed by atoms with Crippen molar-refractivity contribution in [2.75, 3.05) is 0 Å². The van der Waals surface area contributed by atoms with Gasteiger partial charge in [0.15, 0.2) is 11.5 Å². The number of rotatable bonds is 8. The Bertz CT molecular complexity index is 1340. The number of hydrogen-bond donors (Lipinski definition) is 1. The van der Waals surface area contributed by atoms with Crippen LogP contribution in [0.2, 0.25) is 0 Å². The van der Waals surface area contributed by atoms with E-state index in [4.69, 9.17) is 14.6 Å². The second-order valence-corrected chi connectivity index (χ2v) is 7.75. The van der Waals surface area contributed by atoms with E-state index in [2.05, 4.69) is 20.1 Å². The van der Waals surface area contributed by atoms with Crippen LogP contribution in [0.4, 0.5) is 0 Å². The molecule has 0 fully saturated rings. The van der Waals surface area contributed by atoms with Crippen molar-refractivity contribution >= 4 is 17.1 Å². The first-order chi connectivity index (χ1) is 15.9. The van der Waals surface area contributed by atoms with Crippen molar-refractivity contribution in [2.24, 2.45) is 0 Å². The minimum Gasteiger partial charge on any atom is -0.481 e. The van der Waals surface area contributed by atoms with Crippen LogP contribution in [-0.2, 0) is 11.2 Å². The smallest absolute Gasteiger partial charge is 0.303 e. The second-order valence-electron chi connectivity index (χ2n) is 7.75. The molecule has 0 saturated carbocycles. The van der Waals surface area contributed by atoms with Crippen molar-refractivity contribution in [3.8, 4) is 11.3 Å². The average Bonchev–Trinajstić information content (AvgIpc) is 3.14. The number of nitrogens with zero attached hydrogens (tertiary/aromatic N) is 6. The first kappa shape index (κ1) is 22.3. The lowest BCUT2D eigenvalue weighted by Crippen LogP contribution is -2.31. The summed E-state index contributed by atoms with van der Waals surface area (Å²) in [4.78, 5) is 42.6. The zero-order valence-corrected chi connectivity index (χ0v) is 18.6. The number of hydrogen-bond acceptors (Lipinski definition) is 8. The number of carboxylic acid groups (broad SMARTS) is 1. The molecule has 10 nitrogen and oxygen atoms in total. The minimum atomic E-state index is -0.911. The van der Waals surface area contributed by atoms with Gasteiger partial charge in [0.1, 0.15) is 17.0 Å². The quantitative estimate of drug-likeness (QED) is 0.430. The van der Waals surface area contributed by atoms with Crippen LogP contribution in [0.25, 0.3) is 22.4 Å². The Hall–Kier alpha value is -3.95. The molecular weight excluding hydrogens is 424 g/mol. The van der Waals surface area contributed by atoms with E-state index in [0.29, 0.717) is 52.7 Å². The lowest BCUT2D eigenvalue weighted by Gasteiger charge is -2.20. The van der Waals surface area contributed by atoms with Gasteiger partial charge in [0.05, 0.1) is 23.0 Å². The number of fused-ring (bicyclic) bond motifs is 1. The molecule has 33 heavy (non-hydrogen) atoms. The monoisotopic (exact) mass is 448 g/mol. The largest absolute Gasteiger partial charge is 0.481 e. The molecule has 0 spiro atoms. The van der Waals surface area contributed by atoms with Gasteiger partial charge in [-0.2, -0.15) is 0 Å². The Morgan fingerprint density at radius 2 is 1.94 bits per heavy atom. The second kappa shape index (κ2) is 9.27. The predicted molar refractivity (Wildman–Crippen MR) is 120 cm³/mol. The fourth-order valence-corrected chi connectivity index (χ4v) is 3.94. The standard InChI is InChI=1S/C23H24N6O4/c1-4-18(21-24-11-6-12-25-21)29-22-16(26-17(23(29)32)7-5-8-19(30)31)10-9-15(27-22)20-13(2)28-33-14(20)3/h6,9-12,18H,4-5,7-8H2,1-3H3,(H,30,31)/t18-/m0/s1. The van der Waals surface area contributed by atoms with Gasteiger partial charge in [0.25, 0.3) is 5.56 Å². The zero-order valence-electron chi connectivity index (χ0n) is 18.6. The average molecular weight is 448 g/mol. The van der Waals surface area contributed by atoms with Crippen LogP contribution in [0.1, 0.15) is 55.2 Å². The van der Waals surface area contributed by atoms with Crippen LogP contribution < -0.4 is 5.56 Å². The number of aromatic nitrogens is 6. The molecule has 4 rings (SSSR count). The van der Waals surface area contributed by atoms with E-state index in [1.807, 2.05) is 26.8 Å². The normalized spacial score (nSPS) is 12.2. The Labute approximate surface area is 189 Å². The molecule has 10 heteroatoms. The van der Waals surface area contributed by atoms with Crippen LogP contribution in [0.5, 0.6) is 0 Å². The Morgan fingerprint density at radius 1 is 1.18 bits per heavy atom. The molecule has 0 amide bonds. The van der Waals surface area contributed by atoms with Gasteiger partial charge in [-0.25, -0.2) is 19.9 Å². The highest BCUT2D eigenvalue weighted by Gasteiger charge is 2.23. The zero-order chi connectivity index (χ0) is 23.5. The van der Waals surface area contributed by atoms with Crippen LogP contribution in [-0.4, -0.2) is 40.7 Å². The third-order valence-corrected chi connectivity index (χ3v) is 5.48. The third-order valence-electron chi connectivity index (χ3n) is 5.48. The molecule has 1 atom stereocenters. The first-order valence-electron chi connectivity index (χ1n) is 10.7. The van der Waals surface area contributed by atoms with E-state index in [0.717, 1.165) is 5.56 Å². The Balaban J connectivity index is 1.95. The van der Waals surface area contributed by atoms with E-state index in [1.165, 1.54) is 0 Å². The molecule has 4 aromatic rings. The van der Waals surface area contributed by atoms with Crippen molar-refractivity contribution < 1.29 is 14.4 Å². The van der Waals surface area contributed by atoms with Crippen molar-refractivity contribution in [1.82, 2.24) is 29.7 Å². The molecule has 0 radical (unpaired) electrons. The molecule has 0 bridgehead atoms. The summed E-state index contributed by atoms with van der Waals surface area (Å²) in [5.74, 6) is 0.214. The summed E-state index contributed by atoms with van der Waals surface area (Å²) in [6.45, 7) is 5.59. The highest BCUT2D eigenvalue weighted by atomic mass is 16.5. The lowest BCUT2D eigenvalue weighted by molar-refractivity contribution is -0.137. The maximum Gasteiger partial charge on any atom is 0.303 e. The SMILES string of the molecule is CC[C@@H](c1ncccn1)n1c(=O)c(CCCC(=O)O)nc2ccc(-c3c(C)noc3C)nc21. The van der Waals surface area contributed by atoms with E-state index in [1.54, 1.807) is 29.1 Å². The first-order valence-corrected chi connectivity index (χ1v) is 10.7. The molecule has 0 aliphatic heterocycles. The molecule has 0 aromatic carbocycles. The molecule has 4 heterocycles. The van der Waals surface area contributed by atoms with Gasteiger partial charge in [-0.3, -0.25) is 14.2 Å².